The summed E-state index contributed by atoms with van der Waals surface area (Å²) in [6.07, 6.45) is 2.87. The minimum atomic E-state index is 0.480. The molecule has 6 heteroatoms. The van der Waals surface area contributed by atoms with Crippen LogP contribution in [0, 0.1) is 0 Å². The first-order chi connectivity index (χ1) is 8.31. The van der Waals surface area contributed by atoms with Crippen LogP contribution in [0.5, 0.6) is 16.7 Å². The van der Waals surface area contributed by atoms with E-state index in [-0.39, 0.29) is 0 Å². The fraction of sp³-hybridized carbons (Fsp3) is 0.0909. The number of methoxy groups -OCH3 is 1. The van der Waals surface area contributed by atoms with Crippen LogP contribution >= 0.6 is 11.3 Å². The predicted molar refractivity (Wildman–Crippen MR) is 64.6 cm³/mol. The van der Waals surface area contributed by atoms with Gasteiger partial charge in [-0.15, -0.1) is 0 Å². The van der Waals surface area contributed by atoms with Crippen molar-refractivity contribution in [2.24, 2.45) is 5.16 Å². The van der Waals surface area contributed by atoms with E-state index in [1.54, 1.807) is 19.4 Å². The molecule has 0 atom stereocenters. The van der Waals surface area contributed by atoms with Crippen LogP contribution in [0.15, 0.2) is 35.6 Å². The topological polar surface area (TPSA) is 63.9 Å². The summed E-state index contributed by atoms with van der Waals surface area (Å²) in [4.78, 5) is 4.75. The molecule has 0 saturated heterocycles. The third kappa shape index (κ3) is 2.94. The van der Waals surface area contributed by atoms with Crippen LogP contribution in [0.4, 0.5) is 0 Å². The van der Waals surface area contributed by atoms with Gasteiger partial charge in [0.15, 0.2) is 0 Å². The summed E-state index contributed by atoms with van der Waals surface area (Å²) in [5, 5.41) is 11.8. The Morgan fingerprint density at radius 1 is 1.41 bits per heavy atom. The number of thiazole rings is 1. The highest BCUT2D eigenvalue weighted by molar-refractivity contribution is 7.15. The summed E-state index contributed by atoms with van der Waals surface area (Å²) in [5.41, 5.74) is 0. The van der Waals surface area contributed by atoms with Crippen LogP contribution in [-0.2, 0) is 0 Å². The lowest BCUT2D eigenvalue weighted by molar-refractivity contribution is 0.322. The molecule has 0 saturated carbocycles. The molecular weight excluding hydrogens is 240 g/mol. The van der Waals surface area contributed by atoms with Gasteiger partial charge in [0, 0.05) is 6.07 Å². The highest BCUT2D eigenvalue weighted by atomic mass is 32.1. The molecule has 0 radical (unpaired) electrons. The summed E-state index contributed by atoms with van der Waals surface area (Å²) in [7, 11) is 1.60. The Bertz CT molecular complexity index is 525. The Balaban J connectivity index is 2.13. The number of nitrogens with zero attached hydrogens (tertiary/aromatic N) is 2. The van der Waals surface area contributed by atoms with Gasteiger partial charge >= 0.3 is 0 Å². The smallest absolute Gasteiger partial charge is 0.279 e. The van der Waals surface area contributed by atoms with E-state index in [0.29, 0.717) is 15.8 Å². The Kier molecular flexibility index (Phi) is 3.56. The van der Waals surface area contributed by atoms with Gasteiger partial charge in [0.2, 0.25) is 0 Å². The number of oxime groups is 1. The number of hydrogen-bond donors (Lipinski definition) is 1. The third-order valence-corrected chi connectivity index (χ3v) is 2.74. The zero-order valence-corrected chi connectivity index (χ0v) is 9.85. The van der Waals surface area contributed by atoms with Crippen molar-refractivity contribution in [3.05, 3.63) is 35.3 Å². The van der Waals surface area contributed by atoms with Gasteiger partial charge in [-0.3, -0.25) is 0 Å². The van der Waals surface area contributed by atoms with Gasteiger partial charge in [-0.05, 0) is 12.1 Å². The fourth-order valence-corrected chi connectivity index (χ4v) is 1.85. The second-order valence-electron chi connectivity index (χ2n) is 3.05. The average molecular weight is 250 g/mol. The molecule has 17 heavy (non-hydrogen) atoms. The standard InChI is InChI=1S/C11H10N2O3S/c1-15-8-3-2-4-9(5-8)16-11-12-6-10(17-11)7-13-14/h2-7,14H,1H3/b13-7+. The second-order valence-corrected chi connectivity index (χ2v) is 4.08. The number of benzene rings is 1. The summed E-state index contributed by atoms with van der Waals surface area (Å²) < 4.78 is 10.6. The fourth-order valence-electron chi connectivity index (χ4n) is 1.20. The van der Waals surface area contributed by atoms with Crippen molar-refractivity contribution >= 4 is 17.6 Å². The van der Waals surface area contributed by atoms with E-state index >= 15 is 0 Å². The molecule has 1 aromatic carbocycles. The third-order valence-electron chi connectivity index (χ3n) is 1.93. The molecular formula is C11H10N2O3S. The van der Waals surface area contributed by atoms with Crippen molar-refractivity contribution in [1.29, 1.82) is 0 Å². The minimum Gasteiger partial charge on any atom is -0.497 e. The van der Waals surface area contributed by atoms with Crippen molar-refractivity contribution in [2.75, 3.05) is 7.11 Å². The second kappa shape index (κ2) is 5.31. The van der Waals surface area contributed by atoms with Crippen LogP contribution in [0.25, 0.3) is 0 Å². The van der Waals surface area contributed by atoms with Gasteiger partial charge in [0.05, 0.1) is 24.4 Å². The van der Waals surface area contributed by atoms with Crippen molar-refractivity contribution in [1.82, 2.24) is 4.98 Å². The molecule has 0 spiro atoms. The predicted octanol–water partition coefficient (Wildman–Crippen LogP) is 2.75. The van der Waals surface area contributed by atoms with Crippen LogP contribution in [-0.4, -0.2) is 23.5 Å². The largest absolute Gasteiger partial charge is 0.497 e. The summed E-state index contributed by atoms with van der Waals surface area (Å²) in [6, 6.07) is 7.24. The van der Waals surface area contributed by atoms with Gasteiger partial charge in [0.25, 0.3) is 5.19 Å². The normalized spacial score (nSPS) is 10.6. The first kappa shape index (κ1) is 11.4. The maximum absolute atomic E-state index is 8.38. The summed E-state index contributed by atoms with van der Waals surface area (Å²) in [6.45, 7) is 0. The molecule has 0 aliphatic rings. The quantitative estimate of drug-likeness (QED) is 0.515. The average Bonchev–Trinajstić information content (AvgIpc) is 2.77. The monoisotopic (exact) mass is 250 g/mol. The highest BCUT2D eigenvalue weighted by Crippen LogP contribution is 2.27. The zero-order chi connectivity index (χ0) is 12.1. The number of hydrogen-bond acceptors (Lipinski definition) is 6. The van der Waals surface area contributed by atoms with Crippen LogP contribution in [0.1, 0.15) is 4.88 Å². The van der Waals surface area contributed by atoms with E-state index in [2.05, 4.69) is 10.1 Å². The van der Waals surface area contributed by atoms with Crippen LogP contribution < -0.4 is 9.47 Å². The molecule has 1 N–H and O–H groups in total. The Hall–Kier alpha value is -2.08. The molecule has 1 heterocycles. The van der Waals surface area contributed by atoms with Crippen molar-refractivity contribution < 1.29 is 14.7 Å². The molecule has 1 aromatic heterocycles. The molecule has 2 rings (SSSR count). The van der Waals surface area contributed by atoms with Gasteiger partial charge in [-0.1, -0.05) is 22.6 Å². The van der Waals surface area contributed by atoms with E-state index < -0.39 is 0 Å². The Morgan fingerprint density at radius 2 is 2.24 bits per heavy atom. The lowest BCUT2D eigenvalue weighted by atomic mass is 10.3. The lowest BCUT2D eigenvalue weighted by Crippen LogP contribution is -1.85. The van der Waals surface area contributed by atoms with Crippen molar-refractivity contribution in [3.63, 3.8) is 0 Å². The van der Waals surface area contributed by atoms with Gasteiger partial charge < -0.3 is 14.7 Å². The molecule has 5 nitrogen and oxygen atoms in total. The van der Waals surface area contributed by atoms with E-state index in [9.17, 15) is 0 Å². The lowest BCUT2D eigenvalue weighted by Gasteiger charge is -2.03. The molecule has 0 bridgehead atoms. The van der Waals surface area contributed by atoms with E-state index in [4.69, 9.17) is 14.7 Å². The molecule has 0 aliphatic heterocycles. The zero-order valence-electron chi connectivity index (χ0n) is 9.03. The maximum atomic E-state index is 8.38. The maximum Gasteiger partial charge on any atom is 0.279 e. The van der Waals surface area contributed by atoms with Gasteiger partial charge in [-0.2, -0.15) is 0 Å². The van der Waals surface area contributed by atoms with Crippen LogP contribution in [0.2, 0.25) is 0 Å². The molecule has 0 fully saturated rings. The number of ether oxygens (including phenoxy) is 2. The Morgan fingerprint density at radius 3 is 3.00 bits per heavy atom. The molecule has 2 aromatic rings. The molecule has 0 unspecified atom stereocenters. The number of rotatable bonds is 4. The van der Waals surface area contributed by atoms with Crippen LogP contribution in [0.3, 0.4) is 0 Å². The molecule has 0 aliphatic carbocycles. The molecule has 0 amide bonds. The first-order valence-corrected chi connectivity index (χ1v) is 5.58. The van der Waals surface area contributed by atoms with Crippen molar-refractivity contribution in [2.45, 2.75) is 0 Å². The van der Waals surface area contributed by atoms with Crippen molar-refractivity contribution in [3.8, 4) is 16.7 Å². The number of aromatic nitrogens is 1. The van der Waals surface area contributed by atoms with Gasteiger partial charge in [0.1, 0.15) is 11.5 Å². The Labute approximate surface area is 102 Å². The van der Waals surface area contributed by atoms with E-state index in [0.717, 1.165) is 5.75 Å². The van der Waals surface area contributed by atoms with E-state index in [1.807, 2.05) is 18.2 Å². The first-order valence-electron chi connectivity index (χ1n) is 4.77. The van der Waals surface area contributed by atoms with Gasteiger partial charge in [-0.25, -0.2) is 4.98 Å². The molecule has 88 valence electrons. The minimum absolute atomic E-state index is 0.480. The summed E-state index contributed by atoms with van der Waals surface area (Å²) >= 11 is 1.28. The SMILES string of the molecule is COc1cccc(Oc2ncc(/C=N/O)s2)c1. The van der Waals surface area contributed by atoms with E-state index in [1.165, 1.54) is 17.6 Å². The summed E-state index contributed by atoms with van der Waals surface area (Å²) in [5.74, 6) is 1.36. The highest BCUT2D eigenvalue weighted by Gasteiger charge is 2.03.